The molecule has 0 aliphatic rings. The molecule has 0 radical (unpaired) electrons. The summed E-state index contributed by atoms with van der Waals surface area (Å²) >= 11 is 12.7. The number of hydrogen-bond acceptors (Lipinski definition) is 4. The lowest BCUT2D eigenvalue weighted by molar-refractivity contribution is -0.141. The Morgan fingerprint density at radius 3 is 2.15 bits per heavy atom. The van der Waals surface area contributed by atoms with Crippen molar-refractivity contribution in [1.82, 2.24) is 10.2 Å². The lowest BCUT2D eigenvalue weighted by atomic mass is 10.1. The van der Waals surface area contributed by atoms with E-state index in [-0.39, 0.29) is 50.0 Å². The topological polar surface area (TPSA) is 86.8 Å². The zero-order valence-electron chi connectivity index (χ0n) is 22.8. The van der Waals surface area contributed by atoms with Crippen molar-refractivity contribution in [3.63, 3.8) is 0 Å². The number of sulfonamides is 1. The number of rotatable bonds is 13. The van der Waals surface area contributed by atoms with Gasteiger partial charge in [0.2, 0.25) is 21.8 Å². The quantitative estimate of drug-likeness (QED) is 0.284. The minimum absolute atomic E-state index is 0.0156. The van der Waals surface area contributed by atoms with Crippen LogP contribution in [0, 0.1) is 0 Å². The van der Waals surface area contributed by atoms with E-state index in [1.54, 1.807) is 25.1 Å². The van der Waals surface area contributed by atoms with Gasteiger partial charge in [0.05, 0.1) is 17.5 Å². The van der Waals surface area contributed by atoms with Crippen molar-refractivity contribution in [3.05, 3.63) is 63.6 Å². The van der Waals surface area contributed by atoms with Crippen LogP contribution >= 0.6 is 23.2 Å². The van der Waals surface area contributed by atoms with Crippen LogP contribution < -0.4 is 9.62 Å². The monoisotopic (exact) mass is 623 g/mol. The first-order valence-electron chi connectivity index (χ1n) is 12.8. The molecular formula is C27H34Cl2F3N3O4S. The summed E-state index contributed by atoms with van der Waals surface area (Å²) in [6, 6.07) is 7.88. The van der Waals surface area contributed by atoms with Crippen molar-refractivity contribution < 1.29 is 31.2 Å². The number of nitrogens with one attached hydrogen (secondary N) is 1. The van der Waals surface area contributed by atoms with Crippen LogP contribution in [0.5, 0.6) is 0 Å². The predicted molar refractivity (Wildman–Crippen MR) is 152 cm³/mol. The van der Waals surface area contributed by atoms with Crippen molar-refractivity contribution >= 4 is 50.7 Å². The van der Waals surface area contributed by atoms with Crippen LogP contribution in [0.3, 0.4) is 0 Å². The third kappa shape index (κ3) is 9.27. The second-order valence-electron chi connectivity index (χ2n) is 9.45. The van der Waals surface area contributed by atoms with Gasteiger partial charge in [-0.3, -0.25) is 13.9 Å². The predicted octanol–water partition coefficient (Wildman–Crippen LogP) is 6.28. The zero-order chi connectivity index (χ0) is 30.3. The summed E-state index contributed by atoms with van der Waals surface area (Å²) in [7, 11) is -3.97. The van der Waals surface area contributed by atoms with Crippen molar-refractivity contribution in [2.24, 2.45) is 0 Å². The summed E-state index contributed by atoms with van der Waals surface area (Å²) in [5.74, 6) is -0.810. The Bertz CT molecular complexity index is 1270. The number of anilines is 1. The van der Waals surface area contributed by atoms with E-state index < -0.39 is 33.7 Å². The minimum Gasteiger partial charge on any atom is -0.352 e. The van der Waals surface area contributed by atoms with Crippen molar-refractivity contribution in [3.8, 4) is 0 Å². The maximum atomic E-state index is 13.5. The highest BCUT2D eigenvalue weighted by atomic mass is 35.5. The Morgan fingerprint density at radius 2 is 1.62 bits per heavy atom. The Labute approximate surface area is 243 Å². The van der Waals surface area contributed by atoms with E-state index in [0.717, 1.165) is 28.8 Å². The molecule has 0 fully saturated rings. The number of alkyl halides is 3. The molecule has 0 spiro atoms. The number of carbonyl (C=O) groups excluding carboxylic acids is 2. The largest absolute Gasteiger partial charge is 0.416 e. The van der Waals surface area contributed by atoms with Gasteiger partial charge in [0.25, 0.3) is 0 Å². The first-order chi connectivity index (χ1) is 18.6. The van der Waals surface area contributed by atoms with Gasteiger partial charge < -0.3 is 10.2 Å². The van der Waals surface area contributed by atoms with E-state index in [1.165, 1.54) is 11.0 Å². The Morgan fingerprint density at radius 1 is 1.02 bits per heavy atom. The lowest BCUT2D eigenvalue weighted by Crippen LogP contribution is -2.50. The molecule has 0 bridgehead atoms. The van der Waals surface area contributed by atoms with E-state index >= 15 is 0 Å². The maximum Gasteiger partial charge on any atom is 0.416 e. The fourth-order valence-electron chi connectivity index (χ4n) is 4.06. The SMILES string of the molecule is CC[C@@H](C)NC(=O)[C@@H](CC)N(Cc1c(Cl)cccc1Cl)C(=O)CCCN(c1cccc(C(F)(F)F)c1)S(C)(=O)=O. The van der Waals surface area contributed by atoms with Gasteiger partial charge in [0, 0.05) is 41.2 Å². The number of amides is 2. The van der Waals surface area contributed by atoms with E-state index in [1.807, 2.05) is 13.8 Å². The van der Waals surface area contributed by atoms with Crippen LogP contribution in [-0.4, -0.2) is 50.0 Å². The summed E-state index contributed by atoms with van der Waals surface area (Å²) < 4.78 is 65.4. The minimum atomic E-state index is -4.65. The summed E-state index contributed by atoms with van der Waals surface area (Å²) in [6.07, 6.45) is -2.99. The maximum absolute atomic E-state index is 13.5. The Hall–Kier alpha value is -2.50. The number of nitrogens with zero attached hydrogens (tertiary/aromatic N) is 2. The number of benzene rings is 2. The van der Waals surface area contributed by atoms with Gasteiger partial charge in [-0.1, -0.05) is 49.2 Å². The average Bonchev–Trinajstić information content (AvgIpc) is 2.86. The smallest absolute Gasteiger partial charge is 0.352 e. The molecule has 40 heavy (non-hydrogen) atoms. The molecule has 2 atom stereocenters. The highest BCUT2D eigenvalue weighted by molar-refractivity contribution is 7.92. The third-order valence-corrected chi connectivity index (χ3v) is 8.29. The number of halogens is 5. The number of hydrogen-bond donors (Lipinski definition) is 1. The van der Waals surface area contributed by atoms with Gasteiger partial charge in [-0.25, -0.2) is 8.42 Å². The zero-order valence-corrected chi connectivity index (χ0v) is 25.1. The second kappa shape index (κ2) is 14.4. The highest BCUT2D eigenvalue weighted by Crippen LogP contribution is 2.32. The van der Waals surface area contributed by atoms with Gasteiger partial charge in [0.1, 0.15) is 6.04 Å². The van der Waals surface area contributed by atoms with Crippen LogP contribution in [-0.2, 0) is 32.3 Å². The highest BCUT2D eigenvalue weighted by Gasteiger charge is 2.32. The van der Waals surface area contributed by atoms with Gasteiger partial charge in [-0.05, 0) is 56.5 Å². The molecule has 7 nitrogen and oxygen atoms in total. The van der Waals surface area contributed by atoms with E-state index in [4.69, 9.17) is 23.2 Å². The van der Waals surface area contributed by atoms with Gasteiger partial charge in [-0.2, -0.15) is 13.2 Å². The van der Waals surface area contributed by atoms with Gasteiger partial charge in [0.15, 0.2) is 0 Å². The molecule has 0 aromatic heterocycles. The average molecular weight is 625 g/mol. The van der Waals surface area contributed by atoms with E-state index in [2.05, 4.69) is 5.32 Å². The van der Waals surface area contributed by atoms with Crippen molar-refractivity contribution in [2.75, 3.05) is 17.1 Å². The van der Waals surface area contributed by atoms with Crippen LogP contribution in [0.2, 0.25) is 10.0 Å². The molecule has 0 saturated carbocycles. The van der Waals surface area contributed by atoms with Crippen LogP contribution in [0.4, 0.5) is 18.9 Å². The van der Waals surface area contributed by atoms with Crippen molar-refractivity contribution in [2.45, 2.75) is 71.3 Å². The van der Waals surface area contributed by atoms with Gasteiger partial charge >= 0.3 is 6.18 Å². The Kier molecular flexibility index (Phi) is 12.1. The summed E-state index contributed by atoms with van der Waals surface area (Å²) in [6.45, 7) is 5.20. The van der Waals surface area contributed by atoms with Gasteiger partial charge in [-0.15, -0.1) is 0 Å². The summed E-state index contributed by atoms with van der Waals surface area (Å²) in [4.78, 5) is 28.0. The standard InChI is InChI=1S/C27H34Cl2F3N3O4S/c1-5-18(3)33-26(37)24(6-2)34(17-21-22(28)12-8-13-23(21)29)25(36)14-9-15-35(40(4,38)39)20-11-7-10-19(16-20)27(30,31)32/h7-8,10-13,16,18,24H,5-6,9,14-15,17H2,1-4H3,(H,33,37)/t18-,24-/m1/s1. The van der Waals surface area contributed by atoms with Crippen LogP contribution in [0.1, 0.15) is 57.6 Å². The number of carbonyl (C=O) groups is 2. The molecule has 0 aliphatic carbocycles. The first-order valence-corrected chi connectivity index (χ1v) is 15.4. The second-order valence-corrected chi connectivity index (χ2v) is 12.2. The molecule has 2 rings (SSSR count). The molecule has 222 valence electrons. The normalized spacial score (nSPS) is 13.4. The molecule has 2 amide bonds. The van der Waals surface area contributed by atoms with E-state index in [9.17, 15) is 31.2 Å². The summed E-state index contributed by atoms with van der Waals surface area (Å²) in [5, 5.41) is 3.52. The molecule has 0 aliphatic heterocycles. The molecule has 0 unspecified atom stereocenters. The third-order valence-electron chi connectivity index (χ3n) is 6.39. The fraction of sp³-hybridized carbons (Fsp3) is 0.481. The van der Waals surface area contributed by atoms with Crippen molar-refractivity contribution in [1.29, 1.82) is 0 Å². The Balaban J connectivity index is 2.32. The van der Waals surface area contributed by atoms with E-state index in [0.29, 0.717) is 22.0 Å². The molecule has 2 aromatic carbocycles. The molecule has 2 aromatic rings. The first kappa shape index (κ1) is 33.7. The van der Waals surface area contributed by atoms with Crippen LogP contribution in [0.15, 0.2) is 42.5 Å². The molecule has 13 heteroatoms. The molecule has 1 N–H and O–H groups in total. The molecule has 0 heterocycles. The molecular weight excluding hydrogens is 590 g/mol. The fourth-order valence-corrected chi connectivity index (χ4v) is 5.53. The molecule has 0 saturated heterocycles. The summed E-state index contributed by atoms with van der Waals surface area (Å²) in [5.41, 5.74) is -0.699. The van der Waals surface area contributed by atoms with Crippen LogP contribution in [0.25, 0.3) is 0 Å². The lowest BCUT2D eigenvalue weighted by Gasteiger charge is -2.32.